The minimum absolute atomic E-state index is 0.178. The van der Waals surface area contributed by atoms with Gasteiger partial charge < -0.3 is 15.0 Å². The highest BCUT2D eigenvalue weighted by atomic mass is 19.1. The van der Waals surface area contributed by atoms with Crippen LogP contribution in [0.5, 0.6) is 5.88 Å². The van der Waals surface area contributed by atoms with Gasteiger partial charge in [0.2, 0.25) is 5.88 Å². The van der Waals surface area contributed by atoms with Crippen molar-refractivity contribution in [2.75, 3.05) is 32.1 Å². The van der Waals surface area contributed by atoms with E-state index in [2.05, 4.69) is 20.6 Å². The molecule has 0 atom stereocenters. The molecule has 0 saturated carbocycles. The van der Waals surface area contributed by atoms with Gasteiger partial charge in [-0.3, -0.25) is 4.79 Å². The molecule has 0 aliphatic rings. The van der Waals surface area contributed by atoms with Gasteiger partial charge in [0, 0.05) is 37.0 Å². The van der Waals surface area contributed by atoms with Gasteiger partial charge in [-0.15, -0.1) is 15.3 Å². The lowest BCUT2D eigenvalue weighted by Gasteiger charge is -2.13. The fourth-order valence-corrected chi connectivity index (χ4v) is 3.00. The van der Waals surface area contributed by atoms with Gasteiger partial charge in [0.15, 0.2) is 11.5 Å². The first-order valence-electron chi connectivity index (χ1n) is 9.68. The van der Waals surface area contributed by atoms with Gasteiger partial charge in [-0.1, -0.05) is 18.2 Å². The number of ether oxygens (including phenoxy) is 1. The zero-order valence-electron chi connectivity index (χ0n) is 17.1. The molecule has 158 valence electrons. The van der Waals surface area contributed by atoms with E-state index in [1.165, 1.54) is 16.6 Å². The van der Waals surface area contributed by atoms with E-state index in [-0.39, 0.29) is 18.3 Å². The number of hydrogen-bond acceptors (Lipinski definition) is 6. The van der Waals surface area contributed by atoms with Crippen molar-refractivity contribution >= 4 is 17.2 Å². The molecule has 0 unspecified atom stereocenters. The third kappa shape index (κ3) is 4.61. The summed E-state index contributed by atoms with van der Waals surface area (Å²) in [6, 6.07) is 16.8. The van der Waals surface area contributed by atoms with Gasteiger partial charge in [-0.2, -0.15) is 4.52 Å². The monoisotopic (exact) mass is 420 g/mol. The molecule has 4 rings (SSSR count). The van der Waals surface area contributed by atoms with Crippen molar-refractivity contribution in [2.24, 2.45) is 0 Å². The van der Waals surface area contributed by atoms with Crippen molar-refractivity contribution in [2.45, 2.75) is 0 Å². The average Bonchev–Trinajstić information content (AvgIpc) is 3.20. The molecule has 1 N–H and O–H groups in total. The molecule has 2 heterocycles. The van der Waals surface area contributed by atoms with Crippen LogP contribution in [0.25, 0.3) is 17.0 Å². The van der Waals surface area contributed by atoms with E-state index in [0.29, 0.717) is 35.0 Å². The Bertz CT molecular complexity index is 1220. The summed E-state index contributed by atoms with van der Waals surface area (Å²) in [5.41, 5.74) is 2.60. The van der Waals surface area contributed by atoms with Crippen LogP contribution in [-0.2, 0) is 0 Å². The van der Waals surface area contributed by atoms with Gasteiger partial charge in [-0.25, -0.2) is 4.39 Å². The van der Waals surface area contributed by atoms with Crippen LogP contribution < -0.4 is 15.0 Å². The van der Waals surface area contributed by atoms with Gasteiger partial charge in [0.05, 0.1) is 6.54 Å². The number of amides is 1. The Morgan fingerprint density at radius 3 is 2.74 bits per heavy atom. The van der Waals surface area contributed by atoms with Crippen molar-refractivity contribution in [1.82, 2.24) is 25.1 Å². The number of benzene rings is 2. The molecule has 0 aliphatic carbocycles. The third-order valence-electron chi connectivity index (χ3n) is 4.58. The van der Waals surface area contributed by atoms with Crippen molar-refractivity contribution in [3.63, 3.8) is 0 Å². The number of hydrogen-bond donors (Lipinski definition) is 1. The van der Waals surface area contributed by atoms with Crippen LogP contribution in [0, 0.1) is 5.82 Å². The fraction of sp³-hybridized carbons (Fsp3) is 0.182. The maximum Gasteiger partial charge on any atom is 0.251 e. The Hall–Kier alpha value is -4.01. The highest BCUT2D eigenvalue weighted by Gasteiger charge is 2.11. The van der Waals surface area contributed by atoms with Crippen LogP contribution in [0.2, 0.25) is 0 Å². The normalized spacial score (nSPS) is 10.8. The second-order valence-electron chi connectivity index (χ2n) is 7.02. The van der Waals surface area contributed by atoms with Crippen molar-refractivity contribution in [3.8, 4) is 17.3 Å². The van der Waals surface area contributed by atoms with E-state index in [9.17, 15) is 9.18 Å². The quantitative estimate of drug-likeness (QED) is 0.463. The number of halogens is 1. The second-order valence-corrected chi connectivity index (χ2v) is 7.02. The predicted molar refractivity (Wildman–Crippen MR) is 115 cm³/mol. The Morgan fingerprint density at radius 2 is 1.94 bits per heavy atom. The minimum Gasteiger partial charge on any atom is -0.475 e. The zero-order chi connectivity index (χ0) is 21.8. The lowest BCUT2D eigenvalue weighted by Crippen LogP contribution is -2.28. The number of anilines is 1. The van der Waals surface area contributed by atoms with Gasteiger partial charge in [0.1, 0.15) is 12.4 Å². The maximum atomic E-state index is 13.6. The third-order valence-corrected chi connectivity index (χ3v) is 4.58. The summed E-state index contributed by atoms with van der Waals surface area (Å²) in [5.74, 6) is 0.208. The summed E-state index contributed by atoms with van der Waals surface area (Å²) >= 11 is 0. The molecular weight excluding hydrogens is 399 g/mol. The molecule has 0 bridgehead atoms. The van der Waals surface area contributed by atoms with Gasteiger partial charge >= 0.3 is 0 Å². The number of nitrogens with zero attached hydrogens (tertiary/aromatic N) is 5. The van der Waals surface area contributed by atoms with Gasteiger partial charge in [0.25, 0.3) is 5.91 Å². The van der Waals surface area contributed by atoms with E-state index in [1.807, 2.05) is 37.2 Å². The van der Waals surface area contributed by atoms with Crippen molar-refractivity contribution in [1.29, 1.82) is 0 Å². The number of aromatic nitrogens is 4. The average molecular weight is 420 g/mol. The molecule has 0 spiro atoms. The van der Waals surface area contributed by atoms with E-state index < -0.39 is 0 Å². The molecule has 9 heteroatoms. The Morgan fingerprint density at radius 1 is 1.10 bits per heavy atom. The molecule has 0 aliphatic heterocycles. The summed E-state index contributed by atoms with van der Waals surface area (Å²) in [7, 11) is 3.84. The first-order chi connectivity index (χ1) is 15.0. The van der Waals surface area contributed by atoms with Crippen LogP contribution in [0.4, 0.5) is 10.1 Å². The van der Waals surface area contributed by atoms with E-state index in [1.54, 1.807) is 30.3 Å². The molecule has 0 fully saturated rings. The van der Waals surface area contributed by atoms with Crippen molar-refractivity contribution in [3.05, 3.63) is 72.0 Å². The molecule has 0 radical (unpaired) electrons. The largest absolute Gasteiger partial charge is 0.475 e. The summed E-state index contributed by atoms with van der Waals surface area (Å²) < 4.78 is 20.7. The van der Waals surface area contributed by atoms with Crippen LogP contribution in [0.15, 0.2) is 60.7 Å². The standard InChI is InChI=1S/C22H21FN6O2/c1-28(2)18-8-4-6-16(14-18)22(30)24-11-12-31-20-10-9-19-25-26-21(29(19)27-20)15-5-3-7-17(23)13-15/h3-10,13-14H,11-12H2,1-2H3,(H,24,30). The van der Waals surface area contributed by atoms with E-state index in [4.69, 9.17) is 4.74 Å². The SMILES string of the molecule is CN(C)c1cccc(C(=O)NCCOc2ccc3nnc(-c4cccc(F)c4)n3n2)c1. The maximum absolute atomic E-state index is 13.6. The Labute approximate surface area is 178 Å². The van der Waals surface area contributed by atoms with Crippen LogP contribution in [0.1, 0.15) is 10.4 Å². The Kier molecular flexibility index (Phi) is 5.74. The van der Waals surface area contributed by atoms with Crippen molar-refractivity contribution < 1.29 is 13.9 Å². The summed E-state index contributed by atoms with van der Waals surface area (Å²) in [5, 5.41) is 15.3. The fourth-order valence-electron chi connectivity index (χ4n) is 3.00. The Balaban J connectivity index is 1.39. The number of fused-ring (bicyclic) bond motifs is 1. The number of carbonyl (C=O) groups is 1. The highest BCUT2D eigenvalue weighted by molar-refractivity contribution is 5.95. The molecular formula is C22H21FN6O2. The number of carbonyl (C=O) groups excluding carboxylic acids is 1. The van der Waals surface area contributed by atoms with E-state index in [0.717, 1.165) is 5.69 Å². The summed E-state index contributed by atoms with van der Waals surface area (Å²) in [6.07, 6.45) is 0. The molecule has 4 aromatic rings. The van der Waals surface area contributed by atoms with Crippen LogP contribution in [0.3, 0.4) is 0 Å². The molecule has 8 nitrogen and oxygen atoms in total. The minimum atomic E-state index is -0.367. The first kappa shape index (κ1) is 20.3. The number of nitrogens with one attached hydrogen (secondary N) is 1. The molecule has 0 saturated heterocycles. The van der Waals surface area contributed by atoms with Crippen LogP contribution in [-0.4, -0.2) is 53.0 Å². The van der Waals surface area contributed by atoms with Gasteiger partial charge in [-0.05, 0) is 36.4 Å². The zero-order valence-corrected chi connectivity index (χ0v) is 17.1. The number of rotatable bonds is 7. The summed E-state index contributed by atoms with van der Waals surface area (Å²) in [6.45, 7) is 0.540. The van der Waals surface area contributed by atoms with E-state index >= 15 is 0 Å². The molecule has 31 heavy (non-hydrogen) atoms. The summed E-state index contributed by atoms with van der Waals surface area (Å²) in [4.78, 5) is 14.3. The highest BCUT2D eigenvalue weighted by Crippen LogP contribution is 2.19. The molecule has 1 amide bonds. The predicted octanol–water partition coefficient (Wildman–Crippen LogP) is 2.81. The molecule has 2 aromatic carbocycles. The van der Waals surface area contributed by atoms with Crippen LogP contribution >= 0.6 is 0 Å². The lowest BCUT2D eigenvalue weighted by atomic mass is 10.2. The lowest BCUT2D eigenvalue weighted by molar-refractivity contribution is 0.0946. The smallest absolute Gasteiger partial charge is 0.251 e. The topological polar surface area (TPSA) is 84.7 Å². The first-order valence-corrected chi connectivity index (χ1v) is 9.68. The molecule has 2 aromatic heterocycles. The second kappa shape index (κ2) is 8.78.